The highest BCUT2D eigenvalue weighted by molar-refractivity contribution is 7.89. The lowest BCUT2D eigenvalue weighted by Gasteiger charge is -2.29. The number of nitrogens with zero attached hydrogens (tertiary/aromatic N) is 4. The van der Waals surface area contributed by atoms with Crippen molar-refractivity contribution in [3.05, 3.63) is 54.1 Å². The molecule has 0 spiro atoms. The maximum Gasteiger partial charge on any atom is 0.245 e. The number of hydrogen-bond donors (Lipinski definition) is 1. The van der Waals surface area contributed by atoms with Crippen LogP contribution >= 0.6 is 0 Å². The average Bonchev–Trinajstić information content (AvgIpc) is 3.04. The third kappa shape index (κ3) is 4.02. The molecule has 0 aromatic carbocycles. The minimum absolute atomic E-state index is 0.124. The summed E-state index contributed by atoms with van der Waals surface area (Å²) in [5, 5.41) is 3.20. The number of aromatic nitrogens is 3. The maximum atomic E-state index is 12.9. The monoisotopic (exact) mass is 401 g/mol. The van der Waals surface area contributed by atoms with Gasteiger partial charge in [0.25, 0.3) is 0 Å². The van der Waals surface area contributed by atoms with E-state index in [4.69, 9.17) is 0 Å². The smallest absolute Gasteiger partial charge is 0.245 e. The van der Waals surface area contributed by atoms with Gasteiger partial charge >= 0.3 is 0 Å². The Morgan fingerprint density at radius 1 is 1.11 bits per heavy atom. The average molecular weight is 402 g/mol. The van der Waals surface area contributed by atoms with Crippen molar-refractivity contribution >= 4 is 21.5 Å². The molecule has 3 rings (SSSR count). The molecule has 0 amide bonds. The van der Waals surface area contributed by atoms with Crippen LogP contribution in [0, 0.1) is 6.92 Å². The number of pyridine rings is 2. The number of imidazole rings is 1. The predicted molar refractivity (Wildman–Crippen MR) is 111 cm³/mol. The molecule has 8 heteroatoms. The van der Waals surface area contributed by atoms with Crippen LogP contribution < -0.4 is 5.32 Å². The van der Waals surface area contributed by atoms with Crippen LogP contribution in [0.3, 0.4) is 0 Å². The second kappa shape index (κ2) is 7.89. The summed E-state index contributed by atoms with van der Waals surface area (Å²) >= 11 is 0. The van der Waals surface area contributed by atoms with E-state index in [1.165, 1.54) is 10.5 Å². The second-order valence-electron chi connectivity index (χ2n) is 7.38. The highest BCUT2D eigenvalue weighted by Crippen LogP contribution is 2.21. The molecule has 0 unspecified atom stereocenters. The van der Waals surface area contributed by atoms with Crippen molar-refractivity contribution in [3.8, 4) is 0 Å². The minimum Gasteiger partial charge on any atom is -0.364 e. The standard InChI is InChI=1S/C20H27N5O2S/c1-14(2)25(15(3)4)28(26,27)18-9-10-19(22-12-18)21-11-17-13-24-16(5)7-6-8-20(24)23-17/h6-10,12-15H,11H2,1-5H3,(H,21,22). The predicted octanol–water partition coefficient (Wildman–Crippen LogP) is 3.46. The molecule has 0 atom stereocenters. The lowest BCUT2D eigenvalue weighted by molar-refractivity contribution is 0.302. The van der Waals surface area contributed by atoms with Crippen LogP contribution in [0.4, 0.5) is 5.82 Å². The highest BCUT2D eigenvalue weighted by atomic mass is 32.2. The zero-order valence-corrected chi connectivity index (χ0v) is 17.7. The molecular formula is C20H27N5O2S. The summed E-state index contributed by atoms with van der Waals surface area (Å²) in [6, 6.07) is 9.01. The van der Waals surface area contributed by atoms with Crippen molar-refractivity contribution in [2.75, 3.05) is 5.32 Å². The van der Waals surface area contributed by atoms with Gasteiger partial charge in [-0.25, -0.2) is 18.4 Å². The lowest BCUT2D eigenvalue weighted by Crippen LogP contribution is -2.41. The zero-order valence-electron chi connectivity index (χ0n) is 16.9. The largest absolute Gasteiger partial charge is 0.364 e. The number of nitrogens with one attached hydrogen (secondary N) is 1. The Morgan fingerprint density at radius 3 is 2.39 bits per heavy atom. The van der Waals surface area contributed by atoms with Crippen LogP contribution in [-0.2, 0) is 16.6 Å². The van der Waals surface area contributed by atoms with E-state index in [0.29, 0.717) is 12.4 Å². The fraction of sp³-hybridized carbons (Fsp3) is 0.400. The lowest BCUT2D eigenvalue weighted by atomic mass is 10.3. The molecule has 0 aliphatic carbocycles. The molecule has 1 N–H and O–H groups in total. The van der Waals surface area contributed by atoms with Gasteiger partial charge in [-0.1, -0.05) is 6.07 Å². The number of sulfonamides is 1. The second-order valence-corrected chi connectivity index (χ2v) is 9.23. The van der Waals surface area contributed by atoms with Gasteiger partial charge in [0.05, 0.1) is 12.2 Å². The molecule has 150 valence electrons. The van der Waals surface area contributed by atoms with E-state index in [0.717, 1.165) is 17.0 Å². The maximum absolute atomic E-state index is 12.9. The first-order valence-electron chi connectivity index (χ1n) is 9.37. The molecule has 3 heterocycles. The quantitative estimate of drug-likeness (QED) is 0.656. The van der Waals surface area contributed by atoms with Crippen LogP contribution in [0.25, 0.3) is 5.65 Å². The van der Waals surface area contributed by atoms with Crippen LogP contribution in [0.15, 0.2) is 47.6 Å². The van der Waals surface area contributed by atoms with Crippen LogP contribution in [0.5, 0.6) is 0 Å². The first-order chi connectivity index (χ1) is 13.2. The topological polar surface area (TPSA) is 79.6 Å². The number of rotatable bonds is 7. The number of anilines is 1. The van der Waals surface area contributed by atoms with E-state index >= 15 is 0 Å². The van der Waals surface area contributed by atoms with Crippen LogP contribution in [0.1, 0.15) is 39.1 Å². The Hall–Kier alpha value is -2.45. The fourth-order valence-electron chi connectivity index (χ4n) is 3.38. The van der Waals surface area contributed by atoms with Gasteiger partial charge in [0.2, 0.25) is 10.0 Å². The van der Waals surface area contributed by atoms with E-state index in [2.05, 4.69) is 15.3 Å². The molecule has 7 nitrogen and oxygen atoms in total. The first kappa shape index (κ1) is 20.3. The Morgan fingerprint density at radius 2 is 1.82 bits per heavy atom. The van der Waals surface area contributed by atoms with Gasteiger partial charge in [-0.15, -0.1) is 0 Å². The summed E-state index contributed by atoms with van der Waals surface area (Å²) < 4.78 is 29.3. The molecule has 0 bridgehead atoms. The minimum atomic E-state index is -3.58. The van der Waals surface area contributed by atoms with Gasteiger partial charge in [-0.05, 0) is 58.9 Å². The van der Waals surface area contributed by atoms with Gasteiger partial charge in [0.1, 0.15) is 16.4 Å². The Balaban J connectivity index is 1.74. The molecule has 0 saturated carbocycles. The van der Waals surface area contributed by atoms with Gasteiger partial charge in [0, 0.05) is 30.2 Å². The molecular weight excluding hydrogens is 374 g/mol. The van der Waals surface area contributed by atoms with Crippen LogP contribution in [0.2, 0.25) is 0 Å². The molecule has 0 aliphatic heterocycles. The first-order valence-corrected chi connectivity index (χ1v) is 10.8. The Kier molecular flexibility index (Phi) is 5.71. The normalized spacial score (nSPS) is 12.4. The summed E-state index contributed by atoms with van der Waals surface area (Å²) in [4.78, 5) is 9.06. The van der Waals surface area contributed by atoms with Crippen molar-refractivity contribution in [2.45, 2.75) is 58.1 Å². The SMILES string of the molecule is Cc1cccc2nc(CNc3ccc(S(=O)(=O)N(C(C)C)C(C)C)cn3)cn12. The summed E-state index contributed by atoms with van der Waals surface area (Å²) in [7, 11) is -3.58. The van der Waals surface area contributed by atoms with Crippen molar-refractivity contribution in [1.82, 2.24) is 18.7 Å². The summed E-state index contributed by atoms with van der Waals surface area (Å²) in [5.41, 5.74) is 2.90. The summed E-state index contributed by atoms with van der Waals surface area (Å²) in [6.07, 6.45) is 3.39. The van der Waals surface area contributed by atoms with Crippen LogP contribution in [-0.4, -0.2) is 39.2 Å². The van der Waals surface area contributed by atoms with Gasteiger partial charge in [-0.2, -0.15) is 4.31 Å². The van der Waals surface area contributed by atoms with Gasteiger partial charge < -0.3 is 9.72 Å². The van der Waals surface area contributed by atoms with Crippen molar-refractivity contribution in [1.29, 1.82) is 0 Å². The Labute approximate surface area is 166 Å². The van der Waals surface area contributed by atoms with E-state index in [-0.39, 0.29) is 17.0 Å². The molecule has 3 aromatic heterocycles. The van der Waals surface area contributed by atoms with Gasteiger partial charge in [0.15, 0.2) is 0 Å². The van der Waals surface area contributed by atoms with Crippen molar-refractivity contribution in [3.63, 3.8) is 0 Å². The van der Waals surface area contributed by atoms with Gasteiger partial charge in [-0.3, -0.25) is 0 Å². The fourth-order valence-corrected chi connectivity index (χ4v) is 5.16. The molecule has 0 aliphatic rings. The highest BCUT2D eigenvalue weighted by Gasteiger charge is 2.29. The van der Waals surface area contributed by atoms with Crippen molar-refractivity contribution in [2.24, 2.45) is 0 Å². The Bertz CT molecular complexity index is 1050. The van der Waals surface area contributed by atoms with E-state index in [1.807, 2.05) is 63.4 Å². The third-order valence-electron chi connectivity index (χ3n) is 4.53. The van der Waals surface area contributed by atoms with E-state index < -0.39 is 10.0 Å². The third-order valence-corrected chi connectivity index (χ3v) is 6.76. The van der Waals surface area contributed by atoms with E-state index in [1.54, 1.807) is 12.1 Å². The van der Waals surface area contributed by atoms with E-state index in [9.17, 15) is 8.42 Å². The molecule has 0 fully saturated rings. The number of aryl methyl sites for hydroxylation is 1. The summed E-state index contributed by atoms with van der Waals surface area (Å²) in [5.74, 6) is 0.605. The number of fused-ring (bicyclic) bond motifs is 1. The molecule has 28 heavy (non-hydrogen) atoms. The molecule has 0 saturated heterocycles. The molecule has 3 aromatic rings. The molecule has 0 radical (unpaired) electrons. The number of hydrogen-bond acceptors (Lipinski definition) is 5. The summed E-state index contributed by atoms with van der Waals surface area (Å²) in [6.45, 7) is 10.0. The van der Waals surface area contributed by atoms with Crippen molar-refractivity contribution < 1.29 is 8.42 Å². The zero-order chi connectivity index (χ0) is 20.5.